The highest BCUT2D eigenvalue weighted by Gasteiger charge is 2.13. The Balaban J connectivity index is 3.86. The van der Waals surface area contributed by atoms with Gasteiger partial charge in [-0.2, -0.15) is 0 Å². The number of allylic oxidation sites excluding steroid dienone is 4. The molecule has 2 amide bonds. The molecule has 0 atom stereocenters. The molecular formula is C50H96N2O2. The van der Waals surface area contributed by atoms with Crippen molar-refractivity contribution in [1.29, 1.82) is 0 Å². The van der Waals surface area contributed by atoms with E-state index in [1.54, 1.807) is 0 Å². The van der Waals surface area contributed by atoms with Crippen molar-refractivity contribution in [3.05, 3.63) is 24.3 Å². The third kappa shape index (κ3) is 43.2. The lowest BCUT2D eigenvalue weighted by Crippen LogP contribution is -2.32. The smallest absolute Gasteiger partial charge is 0.222 e. The first-order chi connectivity index (χ1) is 26.6. The lowest BCUT2D eigenvalue weighted by molar-refractivity contribution is -0.131. The summed E-state index contributed by atoms with van der Waals surface area (Å²) in [5.74, 6) is 0.0175. The Kier molecular flexibility index (Phi) is 44.5. The average Bonchev–Trinajstić information content (AvgIpc) is 3.17. The van der Waals surface area contributed by atoms with E-state index in [-0.39, 0.29) is 11.8 Å². The minimum atomic E-state index is -0.261. The fourth-order valence-corrected chi connectivity index (χ4v) is 7.61. The normalized spacial score (nSPS) is 11.7. The van der Waals surface area contributed by atoms with E-state index in [4.69, 9.17) is 5.73 Å². The standard InChI is InChI=1S/C50H96N2O2/c1-3-5-7-9-11-13-15-17-19-21-23-25-27-29-31-33-35-37-39-43-47-52(50(54)46-42-41-45-49(51)53)48-44-40-38-36-34-32-30-28-26-24-22-20-18-16-14-12-10-8-6-4-2/h17-20H,3-16,21-48H2,1-2H3,(H2,51,53)/b19-17-,20-18-. The molecule has 4 heteroatoms. The van der Waals surface area contributed by atoms with Gasteiger partial charge in [0, 0.05) is 25.9 Å². The van der Waals surface area contributed by atoms with Crippen molar-refractivity contribution in [3.8, 4) is 0 Å². The maximum atomic E-state index is 13.1. The molecule has 0 aromatic heterocycles. The fraction of sp³-hybridized carbons (Fsp3) is 0.880. The van der Waals surface area contributed by atoms with E-state index in [9.17, 15) is 9.59 Å². The quantitative estimate of drug-likeness (QED) is 0.0497. The third-order valence-corrected chi connectivity index (χ3v) is 11.3. The van der Waals surface area contributed by atoms with Gasteiger partial charge in [-0.3, -0.25) is 9.59 Å². The van der Waals surface area contributed by atoms with Crippen molar-refractivity contribution in [3.63, 3.8) is 0 Å². The fourth-order valence-electron chi connectivity index (χ4n) is 7.61. The molecule has 2 N–H and O–H groups in total. The lowest BCUT2D eigenvalue weighted by atomic mass is 10.0. The van der Waals surface area contributed by atoms with Crippen LogP contribution in [0, 0.1) is 0 Å². The average molecular weight is 757 g/mol. The van der Waals surface area contributed by atoms with E-state index in [1.807, 2.05) is 0 Å². The first-order valence-electron chi connectivity index (χ1n) is 24.5. The summed E-state index contributed by atoms with van der Waals surface area (Å²) in [7, 11) is 0. The zero-order valence-corrected chi connectivity index (χ0v) is 36.8. The number of hydrogen-bond donors (Lipinski definition) is 1. The molecular weight excluding hydrogens is 661 g/mol. The highest BCUT2D eigenvalue weighted by atomic mass is 16.2. The number of primary amides is 1. The molecule has 0 aromatic carbocycles. The van der Waals surface area contributed by atoms with E-state index >= 15 is 0 Å². The van der Waals surface area contributed by atoms with Crippen LogP contribution in [-0.2, 0) is 9.59 Å². The Morgan fingerprint density at radius 2 is 0.611 bits per heavy atom. The Hall–Kier alpha value is -1.58. The van der Waals surface area contributed by atoms with Gasteiger partial charge in [0.25, 0.3) is 0 Å². The summed E-state index contributed by atoms with van der Waals surface area (Å²) in [6.07, 6.45) is 60.3. The Labute approximate surface area is 339 Å². The number of unbranched alkanes of at least 4 members (excludes halogenated alkanes) is 33. The van der Waals surface area contributed by atoms with Crippen LogP contribution in [0.5, 0.6) is 0 Å². The molecule has 0 aliphatic carbocycles. The molecule has 0 bridgehead atoms. The van der Waals surface area contributed by atoms with Gasteiger partial charge in [0.05, 0.1) is 0 Å². The van der Waals surface area contributed by atoms with Crippen LogP contribution in [0.3, 0.4) is 0 Å². The highest BCUT2D eigenvalue weighted by Crippen LogP contribution is 2.16. The molecule has 0 aliphatic heterocycles. The van der Waals surface area contributed by atoms with Crippen LogP contribution in [0.4, 0.5) is 0 Å². The molecule has 0 rings (SSSR count). The molecule has 0 aromatic rings. The molecule has 0 heterocycles. The van der Waals surface area contributed by atoms with E-state index in [2.05, 4.69) is 43.1 Å². The van der Waals surface area contributed by atoms with Gasteiger partial charge in [0.1, 0.15) is 0 Å². The van der Waals surface area contributed by atoms with Crippen molar-refractivity contribution in [2.45, 2.75) is 271 Å². The van der Waals surface area contributed by atoms with Gasteiger partial charge in [-0.05, 0) is 77.0 Å². The largest absolute Gasteiger partial charge is 0.370 e. The second kappa shape index (κ2) is 45.8. The number of rotatable bonds is 45. The Morgan fingerprint density at radius 1 is 0.352 bits per heavy atom. The number of nitrogens with two attached hydrogens (primary N) is 1. The summed E-state index contributed by atoms with van der Waals surface area (Å²) < 4.78 is 0. The van der Waals surface area contributed by atoms with Crippen molar-refractivity contribution in [2.75, 3.05) is 13.1 Å². The van der Waals surface area contributed by atoms with Gasteiger partial charge in [0.15, 0.2) is 0 Å². The topological polar surface area (TPSA) is 63.4 Å². The van der Waals surface area contributed by atoms with Crippen molar-refractivity contribution in [2.24, 2.45) is 5.73 Å². The van der Waals surface area contributed by atoms with Crippen LogP contribution in [0.1, 0.15) is 271 Å². The summed E-state index contributed by atoms with van der Waals surface area (Å²) in [6, 6.07) is 0. The van der Waals surface area contributed by atoms with Gasteiger partial charge >= 0.3 is 0 Å². The van der Waals surface area contributed by atoms with Crippen LogP contribution in [-0.4, -0.2) is 29.8 Å². The van der Waals surface area contributed by atoms with Crippen molar-refractivity contribution in [1.82, 2.24) is 4.90 Å². The van der Waals surface area contributed by atoms with Gasteiger partial charge in [-0.15, -0.1) is 0 Å². The molecule has 4 nitrogen and oxygen atoms in total. The van der Waals surface area contributed by atoms with Crippen LogP contribution in [0.25, 0.3) is 0 Å². The summed E-state index contributed by atoms with van der Waals surface area (Å²) in [6.45, 7) is 6.37. The summed E-state index contributed by atoms with van der Waals surface area (Å²) >= 11 is 0. The minimum absolute atomic E-state index is 0.261. The maximum Gasteiger partial charge on any atom is 0.222 e. The second-order valence-electron chi connectivity index (χ2n) is 16.8. The molecule has 318 valence electrons. The molecule has 0 spiro atoms. The second-order valence-corrected chi connectivity index (χ2v) is 16.8. The number of amides is 2. The Morgan fingerprint density at radius 3 is 0.907 bits per heavy atom. The van der Waals surface area contributed by atoms with Crippen LogP contribution in [0.2, 0.25) is 0 Å². The van der Waals surface area contributed by atoms with E-state index < -0.39 is 0 Å². The molecule has 0 unspecified atom stereocenters. The number of carbonyl (C=O) groups is 2. The van der Waals surface area contributed by atoms with E-state index in [0.717, 1.165) is 38.8 Å². The van der Waals surface area contributed by atoms with E-state index in [1.165, 1.54) is 218 Å². The van der Waals surface area contributed by atoms with Gasteiger partial charge in [0.2, 0.25) is 11.8 Å². The first kappa shape index (κ1) is 52.4. The predicted molar refractivity (Wildman–Crippen MR) is 240 cm³/mol. The zero-order chi connectivity index (χ0) is 39.3. The maximum absolute atomic E-state index is 13.1. The van der Waals surface area contributed by atoms with Gasteiger partial charge in [-0.25, -0.2) is 0 Å². The van der Waals surface area contributed by atoms with Crippen LogP contribution >= 0.6 is 0 Å². The SMILES string of the molecule is CCCCCCCC/C=C\CCCCCCCCCCCCN(CCCCCCCCCCCC/C=C\CCCCCCCC)C(=O)CCCCC(N)=O. The number of hydrogen-bond acceptors (Lipinski definition) is 2. The van der Waals surface area contributed by atoms with Gasteiger partial charge in [-0.1, -0.05) is 205 Å². The number of carbonyl (C=O) groups excluding carboxylic acids is 2. The monoisotopic (exact) mass is 757 g/mol. The van der Waals surface area contributed by atoms with Crippen molar-refractivity contribution < 1.29 is 9.59 Å². The molecule has 0 aliphatic rings. The van der Waals surface area contributed by atoms with Gasteiger partial charge < -0.3 is 10.6 Å². The first-order valence-corrected chi connectivity index (χ1v) is 24.5. The summed E-state index contributed by atoms with van der Waals surface area (Å²) in [5.41, 5.74) is 5.30. The van der Waals surface area contributed by atoms with Crippen LogP contribution < -0.4 is 5.73 Å². The minimum Gasteiger partial charge on any atom is -0.370 e. The molecule has 0 fully saturated rings. The molecule has 54 heavy (non-hydrogen) atoms. The third-order valence-electron chi connectivity index (χ3n) is 11.3. The van der Waals surface area contributed by atoms with Crippen molar-refractivity contribution >= 4 is 11.8 Å². The predicted octanol–water partition coefficient (Wildman–Crippen LogP) is 16.1. The zero-order valence-electron chi connectivity index (χ0n) is 36.8. The summed E-state index contributed by atoms with van der Waals surface area (Å²) in [4.78, 5) is 26.3. The number of nitrogens with zero attached hydrogens (tertiary/aromatic N) is 1. The molecule has 0 radical (unpaired) electrons. The molecule has 0 saturated heterocycles. The Bertz CT molecular complexity index is 771. The van der Waals surface area contributed by atoms with E-state index in [0.29, 0.717) is 12.8 Å². The summed E-state index contributed by atoms with van der Waals surface area (Å²) in [5, 5.41) is 0. The molecule has 0 saturated carbocycles. The highest BCUT2D eigenvalue weighted by molar-refractivity contribution is 5.76. The van der Waals surface area contributed by atoms with Crippen LogP contribution in [0.15, 0.2) is 24.3 Å². The lowest BCUT2D eigenvalue weighted by Gasteiger charge is -2.23.